The van der Waals surface area contributed by atoms with Gasteiger partial charge >= 0.3 is 0 Å². The number of pyridine rings is 2. The molecule has 0 bridgehead atoms. The summed E-state index contributed by atoms with van der Waals surface area (Å²) in [5.41, 5.74) is 4.35. The first-order valence-electron chi connectivity index (χ1n) is 7.22. The lowest BCUT2D eigenvalue weighted by atomic mass is 10.0. The monoisotopic (exact) mass is 340 g/mol. The number of fused-ring (bicyclic) bond motifs is 3. The number of hydrogen-bond acceptors (Lipinski definition) is 3. The van der Waals surface area contributed by atoms with E-state index in [1.807, 2.05) is 50.4 Å². The first-order chi connectivity index (χ1) is 11.0. The lowest BCUT2D eigenvalue weighted by Crippen LogP contribution is -2.10. The predicted octanol–water partition coefficient (Wildman–Crippen LogP) is 5.08. The van der Waals surface area contributed by atoms with Gasteiger partial charge in [-0.2, -0.15) is 0 Å². The highest BCUT2D eigenvalue weighted by atomic mass is 35.5. The van der Waals surface area contributed by atoms with Gasteiger partial charge in [0.1, 0.15) is 0 Å². The average Bonchev–Trinajstić information content (AvgIpc) is 2.87. The fourth-order valence-electron chi connectivity index (χ4n) is 2.82. The van der Waals surface area contributed by atoms with Crippen molar-refractivity contribution in [3.8, 4) is 11.1 Å². The second-order valence-electron chi connectivity index (χ2n) is 5.59. The molecule has 0 aliphatic carbocycles. The van der Waals surface area contributed by atoms with Crippen LogP contribution in [0.3, 0.4) is 0 Å². The van der Waals surface area contributed by atoms with E-state index in [1.165, 1.54) is 0 Å². The summed E-state index contributed by atoms with van der Waals surface area (Å²) < 4.78 is 2.16. The Morgan fingerprint density at radius 2 is 2.00 bits per heavy atom. The summed E-state index contributed by atoms with van der Waals surface area (Å²) in [5, 5.41) is 1.65. The summed E-state index contributed by atoms with van der Waals surface area (Å²) in [7, 11) is 0. The van der Waals surface area contributed by atoms with Crippen molar-refractivity contribution in [1.82, 2.24) is 9.97 Å². The third kappa shape index (κ3) is 2.26. The van der Waals surface area contributed by atoms with Crippen molar-refractivity contribution in [3.05, 3.63) is 63.2 Å². The van der Waals surface area contributed by atoms with Crippen LogP contribution in [0.25, 0.3) is 31.4 Å². The van der Waals surface area contributed by atoms with Gasteiger partial charge in [-0.15, -0.1) is 11.3 Å². The van der Waals surface area contributed by atoms with Gasteiger partial charge in [-0.1, -0.05) is 17.7 Å². The zero-order valence-electron chi connectivity index (χ0n) is 12.6. The number of nitrogens with zero attached hydrogens (tertiary/aromatic N) is 1. The number of nitrogens with one attached hydrogen (secondary N) is 1. The van der Waals surface area contributed by atoms with Gasteiger partial charge in [0, 0.05) is 43.7 Å². The number of H-pyrrole nitrogens is 1. The number of halogens is 1. The molecule has 0 aliphatic rings. The summed E-state index contributed by atoms with van der Waals surface area (Å²) >= 11 is 7.79. The minimum absolute atomic E-state index is 0.0762. The summed E-state index contributed by atoms with van der Waals surface area (Å²) in [6.07, 6.45) is 1.83. The quantitative estimate of drug-likeness (QED) is 0.525. The van der Waals surface area contributed by atoms with E-state index >= 15 is 0 Å². The average molecular weight is 341 g/mol. The molecule has 0 saturated heterocycles. The molecule has 1 N–H and O–H groups in total. The second-order valence-corrected chi connectivity index (χ2v) is 7.08. The smallest absolute Gasteiger partial charge is 0.252 e. The van der Waals surface area contributed by atoms with Crippen molar-refractivity contribution in [2.75, 3.05) is 0 Å². The van der Waals surface area contributed by atoms with E-state index in [0.717, 1.165) is 37.1 Å². The van der Waals surface area contributed by atoms with Gasteiger partial charge in [0.05, 0.1) is 10.2 Å². The third-order valence-corrected chi connectivity index (χ3v) is 5.45. The lowest BCUT2D eigenvalue weighted by Gasteiger charge is -2.07. The van der Waals surface area contributed by atoms with Crippen LogP contribution in [0.1, 0.15) is 11.3 Å². The molecule has 0 unspecified atom stereocenters. The standard InChI is InChI=1S/C18H13ClN2OS/c1-9-3-4-11(8-20-9)15-10(2)18(22)21-16-13-7-12(19)5-6-14(13)23-17(15)16/h3-8H,1-2H3,(H,21,22). The summed E-state index contributed by atoms with van der Waals surface area (Å²) in [5.74, 6) is 0. The molecule has 3 heterocycles. The van der Waals surface area contributed by atoms with Gasteiger partial charge in [-0.3, -0.25) is 9.78 Å². The molecule has 114 valence electrons. The molecular formula is C18H13ClN2OS. The maximum absolute atomic E-state index is 12.4. The van der Waals surface area contributed by atoms with Gasteiger partial charge in [-0.05, 0) is 38.1 Å². The van der Waals surface area contributed by atoms with Crippen molar-refractivity contribution in [3.63, 3.8) is 0 Å². The highest BCUT2D eigenvalue weighted by Gasteiger charge is 2.16. The number of thiophene rings is 1. The Morgan fingerprint density at radius 3 is 2.74 bits per heavy atom. The van der Waals surface area contributed by atoms with Crippen molar-refractivity contribution in [2.45, 2.75) is 13.8 Å². The number of benzene rings is 1. The Bertz CT molecular complexity index is 1110. The molecule has 3 nitrogen and oxygen atoms in total. The maximum Gasteiger partial charge on any atom is 0.252 e. The number of aromatic amines is 1. The van der Waals surface area contributed by atoms with E-state index in [4.69, 9.17) is 11.6 Å². The molecule has 4 aromatic rings. The van der Waals surface area contributed by atoms with Gasteiger partial charge in [0.15, 0.2) is 0 Å². The van der Waals surface area contributed by atoms with Crippen molar-refractivity contribution >= 4 is 43.2 Å². The Balaban J connectivity index is 2.18. The molecule has 0 saturated carbocycles. The molecule has 0 aliphatic heterocycles. The van der Waals surface area contributed by atoms with Crippen LogP contribution in [-0.2, 0) is 0 Å². The molecule has 0 atom stereocenters. The normalized spacial score (nSPS) is 11.4. The molecule has 5 heteroatoms. The van der Waals surface area contributed by atoms with Crippen molar-refractivity contribution < 1.29 is 0 Å². The Kier molecular flexibility index (Phi) is 3.25. The van der Waals surface area contributed by atoms with Gasteiger partial charge < -0.3 is 4.98 Å². The van der Waals surface area contributed by atoms with Crippen LogP contribution < -0.4 is 5.56 Å². The van der Waals surface area contributed by atoms with Crippen molar-refractivity contribution in [1.29, 1.82) is 0 Å². The molecular weight excluding hydrogens is 328 g/mol. The topological polar surface area (TPSA) is 45.8 Å². The molecule has 23 heavy (non-hydrogen) atoms. The zero-order valence-corrected chi connectivity index (χ0v) is 14.2. The van der Waals surface area contributed by atoms with Crippen LogP contribution >= 0.6 is 22.9 Å². The van der Waals surface area contributed by atoms with E-state index in [0.29, 0.717) is 10.6 Å². The largest absolute Gasteiger partial charge is 0.320 e. The fraction of sp³-hybridized carbons (Fsp3) is 0.111. The van der Waals surface area contributed by atoms with E-state index in [2.05, 4.69) is 9.97 Å². The van der Waals surface area contributed by atoms with E-state index in [9.17, 15) is 4.79 Å². The van der Waals surface area contributed by atoms with Crippen LogP contribution in [0.5, 0.6) is 0 Å². The number of hydrogen-bond donors (Lipinski definition) is 1. The minimum atomic E-state index is -0.0762. The molecule has 0 amide bonds. The minimum Gasteiger partial charge on any atom is -0.320 e. The summed E-state index contributed by atoms with van der Waals surface area (Å²) in [6, 6.07) is 9.75. The Hall–Kier alpha value is -2.17. The van der Waals surface area contributed by atoms with E-state index in [-0.39, 0.29) is 5.56 Å². The molecule has 0 fully saturated rings. The van der Waals surface area contributed by atoms with Crippen LogP contribution in [-0.4, -0.2) is 9.97 Å². The number of aryl methyl sites for hydroxylation is 1. The lowest BCUT2D eigenvalue weighted by molar-refractivity contribution is 1.19. The van der Waals surface area contributed by atoms with E-state index < -0.39 is 0 Å². The SMILES string of the molecule is Cc1ccc(-c2c(C)c(=O)[nH]c3c2sc2ccc(Cl)cc23)cn1. The Morgan fingerprint density at radius 1 is 1.17 bits per heavy atom. The summed E-state index contributed by atoms with van der Waals surface area (Å²) in [6.45, 7) is 3.80. The second kappa shape index (κ2) is 5.18. The highest BCUT2D eigenvalue weighted by Crippen LogP contribution is 2.39. The van der Waals surface area contributed by atoms with Crippen LogP contribution in [0.4, 0.5) is 0 Å². The van der Waals surface area contributed by atoms with Crippen molar-refractivity contribution in [2.24, 2.45) is 0 Å². The van der Waals surface area contributed by atoms with Crippen LogP contribution in [0, 0.1) is 13.8 Å². The molecule has 0 radical (unpaired) electrons. The highest BCUT2D eigenvalue weighted by molar-refractivity contribution is 7.26. The van der Waals surface area contributed by atoms with Crippen LogP contribution in [0.15, 0.2) is 41.3 Å². The first kappa shape index (κ1) is 14.4. The summed E-state index contributed by atoms with van der Waals surface area (Å²) in [4.78, 5) is 19.8. The number of rotatable bonds is 1. The molecule has 1 aromatic carbocycles. The van der Waals surface area contributed by atoms with Gasteiger partial charge in [-0.25, -0.2) is 0 Å². The van der Waals surface area contributed by atoms with Crippen LogP contribution in [0.2, 0.25) is 5.02 Å². The third-order valence-electron chi connectivity index (χ3n) is 4.03. The molecule has 4 rings (SSSR count). The molecule has 3 aromatic heterocycles. The fourth-order valence-corrected chi connectivity index (χ4v) is 4.26. The zero-order chi connectivity index (χ0) is 16.1. The van der Waals surface area contributed by atoms with Gasteiger partial charge in [0.2, 0.25) is 0 Å². The Labute approximate surface area is 141 Å². The molecule has 0 spiro atoms. The van der Waals surface area contributed by atoms with E-state index in [1.54, 1.807) is 11.3 Å². The van der Waals surface area contributed by atoms with Gasteiger partial charge in [0.25, 0.3) is 5.56 Å². The first-order valence-corrected chi connectivity index (χ1v) is 8.42. The maximum atomic E-state index is 12.4. The predicted molar refractivity (Wildman–Crippen MR) is 97.7 cm³/mol. The number of aromatic nitrogens is 2.